The van der Waals surface area contributed by atoms with Crippen molar-refractivity contribution >= 4 is 21.8 Å². The van der Waals surface area contributed by atoms with Gasteiger partial charge in [-0.05, 0) is 23.3 Å². The van der Waals surface area contributed by atoms with E-state index in [0.29, 0.717) is 0 Å². The van der Waals surface area contributed by atoms with E-state index in [4.69, 9.17) is 0 Å². The summed E-state index contributed by atoms with van der Waals surface area (Å²) in [7, 11) is 0. The molecule has 0 amide bonds. The maximum absolute atomic E-state index is 4.64. The lowest BCUT2D eigenvalue weighted by Gasteiger charge is -2.05. The largest absolute Gasteiger partial charge is 0.353 e. The Labute approximate surface area is 145 Å². The van der Waals surface area contributed by atoms with Gasteiger partial charge in [-0.15, -0.1) is 0 Å². The molecule has 0 unspecified atom stereocenters. The summed E-state index contributed by atoms with van der Waals surface area (Å²) >= 11 is 0. The maximum Gasteiger partial charge on any atom is 0.0943 e. The number of aromatic nitrogens is 2. The van der Waals surface area contributed by atoms with E-state index in [-0.39, 0.29) is 0 Å². The second-order valence-corrected chi connectivity index (χ2v) is 6.20. The Morgan fingerprint density at radius 3 is 2.08 bits per heavy atom. The Balaban J connectivity index is 1.66. The number of aromatic amines is 1. The summed E-state index contributed by atoms with van der Waals surface area (Å²) in [4.78, 5) is 8.17. The standard InChI is InChI=1S/C23H16N2/c1-2-6-16(7-3-1)17-10-12-18(13-11-17)22-23-20(14-15-24-22)19-8-4-5-9-21(19)25-23/h1-15,25H. The summed E-state index contributed by atoms with van der Waals surface area (Å²) in [6, 6.07) is 29.5. The van der Waals surface area contributed by atoms with Gasteiger partial charge in [0.15, 0.2) is 0 Å². The van der Waals surface area contributed by atoms with E-state index in [1.165, 1.54) is 21.9 Å². The van der Waals surface area contributed by atoms with Crippen LogP contribution in [0, 0.1) is 0 Å². The van der Waals surface area contributed by atoms with Crippen molar-refractivity contribution in [3.63, 3.8) is 0 Å². The third kappa shape index (κ3) is 2.31. The first kappa shape index (κ1) is 14.0. The molecule has 2 heteroatoms. The minimum Gasteiger partial charge on any atom is -0.353 e. The van der Waals surface area contributed by atoms with Crippen LogP contribution in [-0.4, -0.2) is 9.97 Å². The first-order valence-electron chi connectivity index (χ1n) is 8.41. The second-order valence-electron chi connectivity index (χ2n) is 6.20. The number of para-hydroxylation sites is 1. The molecule has 2 nitrogen and oxygen atoms in total. The van der Waals surface area contributed by atoms with Gasteiger partial charge in [-0.1, -0.05) is 72.8 Å². The fourth-order valence-corrected chi connectivity index (χ4v) is 3.44. The van der Waals surface area contributed by atoms with Gasteiger partial charge in [-0.25, -0.2) is 0 Å². The normalized spacial score (nSPS) is 11.2. The first-order valence-corrected chi connectivity index (χ1v) is 8.41. The summed E-state index contributed by atoms with van der Waals surface area (Å²) in [5.41, 5.74) is 6.80. The number of fused-ring (bicyclic) bond motifs is 3. The number of hydrogen-bond acceptors (Lipinski definition) is 1. The predicted molar refractivity (Wildman–Crippen MR) is 104 cm³/mol. The van der Waals surface area contributed by atoms with Crippen LogP contribution in [0.1, 0.15) is 0 Å². The van der Waals surface area contributed by atoms with Crippen molar-refractivity contribution in [1.82, 2.24) is 9.97 Å². The summed E-state index contributed by atoms with van der Waals surface area (Å²) in [5.74, 6) is 0. The van der Waals surface area contributed by atoms with Crippen LogP contribution in [-0.2, 0) is 0 Å². The Bertz CT molecular complexity index is 1170. The molecule has 0 aliphatic heterocycles. The van der Waals surface area contributed by atoms with E-state index in [1.54, 1.807) is 0 Å². The van der Waals surface area contributed by atoms with Gasteiger partial charge >= 0.3 is 0 Å². The van der Waals surface area contributed by atoms with E-state index in [9.17, 15) is 0 Å². The Morgan fingerprint density at radius 2 is 1.24 bits per heavy atom. The van der Waals surface area contributed by atoms with Crippen LogP contribution >= 0.6 is 0 Å². The molecule has 118 valence electrons. The summed E-state index contributed by atoms with van der Waals surface area (Å²) in [6.07, 6.45) is 1.89. The highest BCUT2D eigenvalue weighted by Gasteiger charge is 2.10. The summed E-state index contributed by atoms with van der Waals surface area (Å²) in [6.45, 7) is 0. The monoisotopic (exact) mass is 320 g/mol. The van der Waals surface area contributed by atoms with Crippen LogP contribution in [0.3, 0.4) is 0 Å². The third-order valence-corrected chi connectivity index (χ3v) is 4.69. The average molecular weight is 320 g/mol. The van der Waals surface area contributed by atoms with Crippen LogP contribution < -0.4 is 0 Å². The van der Waals surface area contributed by atoms with Gasteiger partial charge in [0.1, 0.15) is 0 Å². The highest BCUT2D eigenvalue weighted by molar-refractivity contribution is 6.10. The molecule has 25 heavy (non-hydrogen) atoms. The molecule has 0 spiro atoms. The van der Waals surface area contributed by atoms with E-state index >= 15 is 0 Å². The number of pyridine rings is 1. The molecule has 0 fully saturated rings. The van der Waals surface area contributed by atoms with Crippen LogP contribution in [0.4, 0.5) is 0 Å². The number of H-pyrrole nitrogens is 1. The van der Waals surface area contributed by atoms with Crippen LogP contribution in [0.5, 0.6) is 0 Å². The van der Waals surface area contributed by atoms with Gasteiger partial charge in [0, 0.05) is 28.0 Å². The van der Waals surface area contributed by atoms with Gasteiger partial charge in [-0.3, -0.25) is 4.98 Å². The van der Waals surface area contributed by atoms with Crippen LogP contribution in [0.15, 0.2) is 91.1 Å². The topological polar surface area (TPSA) is 28.7 Å². The molecule has 2 aromatic heterocycles. The van der Waals surface area contributed by atoms with Gasteiger partial charge in [0.25, 0.3) is 0 Å². The molecule has 0 atom stereocenters. The number of hydrogen-bond donors (Lipinski definition) is 1. The molecule has 1 N–H and O–H groups in total. The SMILES string of the molecule is c1ccc(-c2ccc(-c3nccc4c3[nH]c3ccccc34)cc2)cc1. The maximum atomic E-state index is 4.64. The Morgan fingerprint density at radius 1 is 0.560 bits per heavy atom. The van der Waals surface area contributed by atoms with Gasteiger partial charge in [0.2, 0.25) is 0 Å². The second kappa shape index (κ2) is 5.60. The lowest BCUT2D eigenvalue weighted by atomic mass is 10.0. The number of nitrogens with one attached hydrogen (secondary N) is 1. The van der Waals surface area contributed by atoms with E-state index in [1.807, 2.05) is 12.3 Å². The Hall–Kier alpha value is -3.39. The first-order chi connectivity index (χ1) is 12.4. The minimum atomic E-state index is 0.994. The fourth-order valence-electron chi connectivity index (χ4n) is 3.44. The number of benzene rings is 3. The van der Waals surface area contributed by atoms with Crippen LogP contribution in [0.25, 0.3) is 44.2 Å². The van der Waals surface area contributed by atoms with Crippen LogP contribution in [0.2, 0.25) is 0 Å². The number of rotatable bonds is 2. The van der Waals surface area contributed by atoms with E-state index in [0.717, 1.165) is 22.3 Å². The lowest BCUT2D eigenvalue weighted by Crippen LogP contribution is -1.86. The molecule has 5 aromatic rings. The zero-order chi connectivity index (χ0) is 16.6. The van der Waals surface area contributed by atoms with E-state index in [2.05, 4.69) is 88.8 Å². The van der Waals surface area contributed by atoms with E-state index < -0.39 is 0 Å². The molecule has 5 rings (SSSR count). The van der Waals surface area contributed by atoms with Gasteiger partial charge in [0.05, 0.1) is 11.2 Å². The lowest BCUT2D eigenvalue weighted by molar-refractivity contribution is 1.34. The molecule has 2 heterocycles. The van der Waals surface area contributed by atoms with Crippen molar-refractivity contribution in [2.45, 2.75) is 0 Å². The third-order valence-electron chi connectivity index (χ3n) is 4.69. The van der Waals surface area contributed by atoms with Gasteiger partial charge in [-0.2, -0.15) is 0 Å². The van der Waals surface area contributed by atoms with Crippen molar-refractivity contribution in [3.05, 3.63) is 91.1 Å². The van der Waals surface area contributed by atoms with Crippen molar-refractivity contribution in [2.75, 3.05) is 0 Å². The van der Waals surface area contributed by atoms with Crippen molar-refractivity contribution in [1.29, 1.82) is 0 Å². The van der Waals surface area contributed by atoms with Crippen molar-refractivity contribution < 1.29 is 0 Å². The molecular formula is C23H16N2. The molecule has 0 aliphatic rings. The molecule has 0 saturated carbocycles. The minimum absolute atomic E-state index is 0.994. The molecule has 0 aliphatic carbocycles. The summed E-state index contributed by atoms with van der Waals surface area (Å²) in [5, 5.41) is 2.45. The Kier molecular flexibility index (Phi) is 3.14. The summed E-state index contributed by atoms with van der Waals surface area (Å²) < 4.78 is 0. The average Bonchev–Trinajstić information content (AvgIpc) is 3.08. The molecule has 0 bridgehead atoms. The van der Waals surface area contributed by atoms with Gasteiger partial charge < -0.3 is 4.98 Å². The molecule has 3 aromatic carbocycles. The molecule has 0 saturated heterocycles. The molecule has 0 radical (unpaired) electrons. The predicted octanol–water partition coefficient (Wildman–Crippen LogP) is 6.05. The number of nitrogens with zero attached hydrogens (tertiary/aromatic N) is 1. The highest BCUT2D eigenvalue weighted by atomic mass is 14.8. The highest BCUT2D eigenvalue weighted by Crippen LogP contribution is 2.32. The quantitative estimate of drug-likeness (QED) is 0.421. The van der Waals surface area contributed by atoms with Crippen molar-refractivity contribution in [3.8, 4) is 22.4 Å². The van der Waals surface area contributed by atoms with Crippen molar-refractivity contribution in [2.24, 2.45) is 0 Å². The zero-order valence-corrected chi connectivity index (χ0v) is 13.6. The molecular weight excluding hydrogens is 304 g/mol. The fraction of sp³-hybridized carbons (Fsp3) is 0. The smallest absolute Gasteiger partial charge is 0.0943 e. The zero-order valence-electron chi connectivity index (χ0n) is 13.6.